The van der Waals surface area contributed by atoms with E-state index >= 15 is 0 Å². The number of hydrogen-bond donors (Lipinski definition) is 1. The lowest BCUT2D eigenvalue weighted by atomic mass is 10.0. The number of fused-ring (bicyclic) bond motifs is 1. The van der Waals surface area contributed by atoms with E-state index in [9.17, 15) is 4.79 Å². The second kappa shape index (κ2) is 4.90. The molecule has 0 saturated carbocycles. The average molecular weight is 270 g/mol. The highest BCUT2D eigenvalue weighted by Gasteiger charge is 2.16. The number of carbonyl (C=O) groups excluding carboxylic acids is 1. The van der Waals surface area contributed by atoms with Gasteiger partial charge in [-0.05, 0) is 35.7 Å². The summed E-state index contributed by atoms with van der Waals surface area (Å²) in [6.45, 7) is 0. The number of hydrogen-bond acceptors (Lipinski definition) is 1. The molecule has 3 heteroatoms. The molecule has 94 valence electrons. The molecule has 0 aromatic heterocycles. The number of amides is 1. The maximum Gasteiger partial charge on any atom is 0.255 e. The van der Waals surface area contributed by atoms with E-state index in [2.05, 4.69) is 5.32 Å². The largest absolute Gasteiger partial charge is 0.322 e. The van der Waals surface area contributed by atoms with Crippen molar-refractivity contribution >= 4 is 28.8 Å². The summed E-state index contributed by atoms with van der Waals surface area (Å²) in [6.07, 6.45) is 2.71. The molecular weight excluding hydrogens is 258 g/mol. The number of benzene rings is 2. The van der Waals surface area contributed by atoms with Crippen LogP contribution >= 0.6 is 11.6 Å². The van der Waals surface area contributed by atoms with Crippen LogP contribution in [0.25, 0.3) is 5.57 Å². The normalized spacial score (nSPS) is 14.2. The topological polar surface area (TPSA) is 29.1 Å². The molecule has 19 heavy (non-hydrogen) atoms. The molecule has 0 fully saturated rings. The molecule has 1 N–H and O–H groups in total. The Morgan fingerprint density at radius 3 is 2.53 bits per heavy atom. The molecule has 3 rings (SSSR count). The SMILES string of the molecule is O=C1Nc2ccccc2CC=C1c1ccc(Cl)cc1. The van der Waals surface area contributed by atoms with Crippen LogP contribution in [0.2, 0.25) is 5.02 Å². The second-order valence-corrected chi connectivity index (χ2v) is 4.88. The Morgan fingerprint density at radius 1 is 1.00 bits per heavy atom. The molecular formula is C16H12ClNO. The Balaban J connectivity index is 1.99. The summed E-state index contributed by atoms with van der Waals surface area (Å²) in [5.41, 5.74) is 3.58. The summed E-state index contributed by atoms with van der Waals surface area (Å²) in [4.78, 5) is 12.3. The Morgan fingerprint density at radius 2 is 1.74 bits per heavy atom. The van der Waals surface area contributed by atoms with E-state index in [0.717, 1.165) is 23.2 Å². The van der Waals surface area contributed by atoms with Crippen molar-refractivity contribution in [1.29, 1.82) is 0 Å². The summed E-state index contributed by atoms with van der Waals surface area (Å²) >= 11 is 5.87. The van der Waals surface area contributed by atoms with Crippen LogP contribution in [-0.2, 0) is 11.2 Å². The van der Waals surface area contributed by atoms with Crippen molar-refractivity contribution in [2.45, 2.75) is 6.42 Å². The maximum absolute atomic E-state index is 12.3. The van der Waals surface area contributed by atoms with Crippen LogP contribution in [0.3, 0.4) is 0 Å². The van der Waals surface area contributed by atoms with Gasteiger partial charge in [0, 0.05) is 16.3 Å². The first-order valence-corrected chi connectivity index (χ1v) is 6.47. The zero-order valence-corrected chi connectivity index (χ0v) is 10.9. The van der Waals surface area contributed by atoms with Crippen molar-refractivity contribution in [3.63, 3.8) is 0 Å². The number of nitrogens with one attached hydrogen (secondary N) is 1. The second-order valence-electron chi connectivity index (χ2n) is 4.44. The van der Waals surface area contributed by atoms with Gasteiger partial charge in [0.15, 0.2) is 0 Å². The van der Waals surface area contributed by atoms with E-state index in [1.165, 1.54) is 0 Å². The monoisotopic (exact) mass is 269 g/mol. The smallest absolute Gasteiger partial charge is 0.255 e. The number of halogens is 1. The third-order valence-corrected chi connectivity index (χ3v) is 3.44. The number of rotatable bonds is 1. The standard InChI is InChI=1S/C16H12ClNO/c17-13-8-5-11(6-9-13)14-10-7-12-3-1-2-4-15(12)18-16(14)19/h1-6,8-10H,7H2,(H,18,19). The van der Waals surface area contributed by atoms with Crippen molar-refractivity contribution in [2.75, 3.05) is 5.32 Å². The molecule has 0 saturated heterocycles. The van der Waals surface area contributed by atoms with Gasteiger partial charge in [-0.3, -0.25) is 4.79 Å². The van der Waals surface area contributed by atoms with E-state index in [0.29, 0.717) is 10.6 Å². The highest BCUT2D eigenvalue weighted by Crippen LogP contribution is 2.26. The van der Waals surface area contributed by atoms with Gasteiger partial charge in [-0.1, -0.05) is 48.0 Å². The van der Waals surface area contributed by atoms with Crippen LogP contribution < -0.4 is 5.32 Å². The van der Waals surface area contributed by atoms with Crippen molar-refractivity contribution in [3.8, 4) is 0 Å². The van der Waals surface area contributed by atoms with E-state index in [-0.39, 0.29) is 5.91 Å². The van der Waals surface area contributed by atoms with E-state index in [1.54, 1.807) is 12.1 Å². The minimum absolute atomic E-state index is 0.0766. The van der Waals surface area contributed by atoms with Gasteiger partial charge < -0.3 is 5.32 Å². The fraction of sp³-hybridized carbons (Fsp3) is 0.0625. The van der Waals surface area contributed by atoms with Gasteiger partial charge in [-0.2, -0.15) is 0 Å². The molecule has 1 aliphatic rings. The minimum atomic E-state index is -0.0766. The highest BCUT2D eigenvalue weighted by molar-refractivity contribution is 6.31. The highest BCUT2D eigenvalue weighted by atomic mass is 35.5. The van der Waals surface area contributed by atoms with Gasteiger partial charge in [0.2, 0.25) is 0 Å². The Kier molecular flexibility index (Phi) is 3.10. The molecule has 0 spiro atoms. The fourth-order valence-electron chi connectivity index (χ4n) is 2.19. The summed E-state index contributed by atoms with van der Waals surface area (Å²) in [6, 6.07) is 15.2. The van der Waals surface area contributed by atoms with Crippen molar-refractivity contribution in [1.82, 2.24) is 0 Å². The lowest BCUT2D eigenvalue weighted by molar-refractivity contribution is -0.111. The van der Waals surface area contributed by atoms with E-state index in [4.69, 9.17) is 11.6 Å². The summed E-state index contributed by atoms with van der Waals surface area (Å²) in [5, 5.41) is 3.61. The Bertz CT molecular complexity index is 659. The average Bonchev–Trinajstić information content (AvgIpc) is 2.58. The molecule has 1 aliphatic heterocycles. The zero-order valence-electron chi connectivity index (χ0n) is 10.2. The van der Waals surface area contributed by atoms with Gasteiger partial charge >= 0.3 is 0 Å². The van der Waals surface area contributed by atoms with Crippen LogP contribution in [0.5, 0.6) is 0 Å². The first kappa shape index (κ1) is 12.0. The van der Waals surface area contributed by atoms with Gasteiger partial charge in [-0.25, -0.2) is 0 Å². The summed E-state index contributed by atoms with van der Waals surface area (Å²) in [5.74, 6) is -0.0766. The molecule has 2 aromatic carbocycles. The van der Waals surface area contributed by atoms with Crippen molar-refractivity contribution in [3.05, 3.63) is 70.8 Å². The first-order valence-electron chi connectivity index (χ1n) is 6.09. The predicted molar refractivity (Wildman–Crippen MR) is 78.2 cm³/mol. The first-order chi connectivity index (χ1) is 9.24. The lowest BCUT2D eigenvalue weighted by Crippen LogP contribution is -2.12. The van der Waals surface area contributed by atoms with Gasteiger partial charge in [-0.15, -0.1) is 0 Å². The predicted octanol–water partition coefficient (Wildman–Crippen LogP) is 3.92. The molecule has 1 heterocycles. The van der Waals surface area contributed by atoms with Crippen LogP contribution in [-0.4, -0.2) is 5.91 Å². The third-order valence-electron chi connectivity index (χ3n) is 3.19. The van der Waals surface area contributed by atoms with Gasteiger partial charge in [0.1, 0.15) is 0 Å². The Hall–Kier alpha value is -2.06. The quantitative estimate of drug-likeness (QED) is 0.835. The lowest BCUT2D eigenvalue weighted by Gasteiger charge is -2.07. The molecule has 0 atom stereocenters. The number of anilines is 1. The number of carbonyl (C=O) groups is 1. The maximum atomic E-state index is 12.3. The third kappa shape index (κ3) is 2.40. The molecule has 2 nitrogen and oxygen atoms in total. The molecule has 0 aliphatic carbocycles. The molecule has 0 radical (unpaired) electrons. The zero-order chi connectivity index (χ0) is 13.2. The fourth-order valence-corrected chi connectivity index (χ4v) is 2.32. The molecule has 2 aromatic rings. The van der Waals surface area contributed by atoms with Crippen LogP contribution in [0.15, 0.2) is 54.6 Å². The Labute approximate surface area is 116 Å². The van der Waals surface area contributed by atoms with Gasteiger partial charge in [0.05, 0.1) is 0 Å². The molecule has 1 amide bonds. The minimum Gasteiger partial charge on any atom is -0.322 e. The molecule has 0 unspecified atom stereocenters. The van der Waals surface area contributed by atoms with E-state index < -0.39 is 0 Å². The van der Waals surface area contributed by atoms with Crippen LogP contribution in [0.1, 0.15) is 11.1 Å². The van der Waals surface area contributed by atoms with Crippen molar-refractivity contribution < 1.29 is 4.79 Å². The summed E-state index contributed by atoms with van der Waals surface area (Å²) < 4.78 is 0. The van der Waals surface area contributed by atoms with Gasteiger partial charge in [0.25, 0.3) is 5.91 Å². The van der Waals surface area contributed by atoms with Crippen LogP contribution in [0.4, 0.5) is 5.69 Å². The summed E-state index contributed by atoms with van der Waals surface area (Å²) in [7, 11) is 0. The molecule has 0 bridgehead atoms. The number of allylic oxidation sites excluding steroid dienone is 1. The van der Waals surface area contributed by atoms with E-state index in [1.807, 2.05) is 42.5 Å². The van der Waals surface area contributed by atoms with Crippen molar-refractivity contribution in [2.24, 2.45) is 0 Å². The van der Waals surface area contributed by atoms with Crippen LogP contribution in [0, 0.1) is 0 Å². The number of para-hydroxylation sites is 1.